The van der Waals surface area contributed by atoms with Crippen LogP contribution in [0.15, 0.2) is 29.0 Å². The molecule has 1 aromatic carbocycles. The van der Waals surface area contributed by atoms with Crippen LogP contribution in [0.1, 0.15) is 38.7 Å². The number of nitrogens with one attached hydrogen (secondary N) is 1. The fourth-order valence-corrected chi connectivity index (χ4v) is 2.06. The lowest BCUT2D eigenvalue weighted by molar-refractivity contribution is 0.568. The van der Waals surface area contributed by atoms with Crippen molar-refractivity contribution in [3.05, 3.63) is 30.2 Å². The first-order chi connectivity index (χ1) is 9.20. The van der Waals surface area contributed by atoms with Gasteiger partial charge in [0.25, 0.3) is 0 Å². The molecule has 0 amide bonds. The van der Waals surface area contributed by atoms with Crippen molar-refractivity contribution in [2.24, 2.45) is 0 Å². The van der Waals surface area contributed by atoms with E-state index >= 15 is 0 Å². The lowest BCUT2D eigenvalue weighted by atomic mass is 10.1. The van der Waals surface area contributed by atoms with E-state index in [9.17, 15) is 0 Å². The number of hydrogen-bond donors (Lipinski definition) is 1. The summed E-state index contributed by atoms with van der Waals surface area (Å²) >= 11 is 0. The van der Waals surface area contributed by atoms with Gasteiger partial charge in [0.05, 0.1) is 0 Å². The molecule has 0 aliphatic carbocycles. The van der Waals surface area contributed by atoms with Gasteiger partial charge in [0.1, 0.15) is 0 Å². The van der Waals surface area contributed by atoms with E-state index in [0.717, 1.165) is 11.3 Å². The van der Waals surface area contributed by atoms with Crippen LogP contribution in [0.3, 0.4) is 0 Å². The van der Waals surface area contributed by atoms with Crippen molar-refractivity contribution in [1.82, 2.24) is 10.2 Å². The lowest BCUT2D eigenvalue weighted by Gasteiger charge is -2.17. The molecule has 0 radical (unpaired) electrons. The molecule has 1 N–H and O–H groups in total. The Bertz CT molecular complexity index is 508. The zero-order valence-corrected chi connectivity index (χ0v) is 11.8. The van der Waals surface area contributed by atoms with E-state index in [4.69, 9.17) is 4.42 Å². The normalized spacial score (nSPS) is 12.4. The number of rotatable bonds is 6. The molecule has 4 heteroatoms. The van der Waals surface area contributed by atoms with Gasteiger partial charge < -0.3 is 9.73 Å². The zero-order chi connectivity index (χ0) is 13.7. The molecule has 1 aromatic heterocycles. The van der Waals surface area contributed by atoms with E-state index < -0.39 is 0 Å². The average Bonchev–Trinajstić information content (AvgIpc) is 2.93. The van der Waals surface area contributed by atoms with Gasteiger partial charge in [-0.2, -0.15) is 0 Å². The van der Waals surface area contributed by atoms with Crippen molar-refractivity contribution in [3.8, 4) is 11.5 Å². The molecule has 0 saturated heterocycles. The first kappa shape index (κ1) is 13.6. The molecule has 0 aliphatic heterocycles. The predicted octanol–water partition coefficient (Wildman–Crippen LogP) is 4.04. The van der Waals surface area contributed by atoms with Crippen molar-refractivity contribution in [2.75, 3.05) is 5.32 Å². The predicted molar refractivity (Wildman–Crippen MR) is 77.1 cm³/mol. The van der Waals surface area contributed by atoms with Crippen molar-refractivity contribution in [2.45, 2.75) is 46.1 Å². The molecule has 0 saturated carbocycles. The standard InChI is InChI=1S/C15H21N3O/c1-4-5-6-12(3)17-14-9-13(8-7-11(14)2)15-18-16-10-19-15/h7-10,12,17H,4-6H2,1-3H3. The molecule has 2 aromatic rings. The third-order valence-corrected chi connectivity index (χ3v) is 3.24. The second kappa shape index (κ2) is 6.36. The van der Waals surface area contributed by atoms with Crippen molar-refractivity contribution >= 4 is 5.69 Å². The number of anilines is 1. The molecular weight excluding hydrogens is 238 g/mol. The van der Waals surface area contributed by atoms with Crippen molar-refractivity contribution in [1.29, 1.82) is 0 Å². The third-order valence-electron chi connectivity index (χ3n) is 3.24. The molecule has 1 heterocycles. The molecule has 102 valence electrons. The van der Waals surface area contributed by atoms with Crippen LogP contribution in [0, 0.1) is 6.92 Å². The van der Waals surface area contributed by atoms with E-state index in [-0.39, 0.29) is 0 Å². The van der Waals surface area contributed by atoms with Gasteiger partial charge in [-0.3, -0.25) is 0 Å². The largest absolute Gasteiger partial charge is 0.423 e. The third kappa shape index (κ3) is 3.56. The summed E-state index contributed by atoms with van der Waals surface area (Å²) in [6.45, 7) is 6.54. The zero-order valence-electron chi connectivity index (χ0n) is 11.8. The van der Waals surface area contributed by atoms with Crippen LogP contribution in [0.2, 0.25) is 0 Å². The van der Waals surface area contributed by atoms with Gasteiger partial charge in [-0.25, -0.2) is 0 Å². The molecule has 0 spiro atoms. The summed E-state index contributed by atoms with van der Waals surface area (Å²) in [4.78, 5) is 0. The summed E-state index contributed by atoms with van der Waals surface area (Å²) in [7, 11) is 0. The van der Waals surface area contributed by atoms with Gasteiger partial charge in [0, 0.05) is 17.3 Å². The monoisotopic (exact) mass is 259 g/mol. The van der Waals surface area contributed by atoms with Crippen LogP contribution in [-0.2, 0) is 0 Å². The summed E-state index contributed by atoms with van der Waals surface area (Å²) in [6, 6.07) is 6.63. The van der Waals surface area contributed by atoms with Gasteiger partial charge in [-0.05, 0) is 38.0 Å². The van der Waals surface area contributed by atoms with E-state index in [1.165, 1.54) is 31.2 Å². The first-order valence-electron chi connectivity index (χ1n) is 6.84. The molecule has 0 bridgehead atoms. The maximum atomic E-state index is 5.23. The van der Waals surface area contributed by atoms with Crippen LogP contribution in [-0.4, -0.2) is 16.2 Å². The topological polar surface area (TPSA) is 51.0 Å². The Morgan fingerprint density at radius 2 is 2.21 bits per heavy atom. The van der Waals surface area contributed by atoms with Crippen molar-refractivity contribution in [3.63, 3.8) is 0 Å². The summed E-state index contributed by atoms with van der Waals surface area (Å²) < 4.78 is 5.23. The molecular formula is C15H21N3O. The SMILES string of the molecule is CCCCC(C)Nc1cc(-c2nnco2)ccc1C. The molecule has 1 atom stereocenters. The summed E-state index contributed by atoms with van der Waals surface area (Å²) in [6.07, 6.45) is 5.01. The molecule has 1 unspecified atom stereocenters. The Hall–Kier alpha value is -1.84. The minimum Gasteiger partial charge on any atom is -0.423 e. The molecule has 19 heavy (non-hydrogen) atoms. The smallest absolute Gasteiger partial charge is 0.247 e. The Morgan fingerprint density at radius 3 is 2.89 bits per heavy atom. The Kier molecular flexibility index (Phi) is 4.55. The van der Waals surface area contributed by atoms with E-state index in [0.29, 0.717) is 11.9 Å². The molecule has 0 aliphatic rings. The van der Waals surface area contributed by atoms with Gasteiger partial charge in [0.2, 0.25) is 12.3 Å². The molecule has 4 nitrogen and oxygen atoms in total. The van der Waals surface area contributed by atoms with Gasteiger partial charge in [-0.15, -0.1) is 10.2 Å². The summed E-state index contributed by atoms with van der Waals surface area (Å²) in [5, 5.41) is 11.2. The summed E-state index contributed by atoms with van der Waals surface area (Å²) in [5.74, 6) is 0.560. The number of hydrogen-bond acceptors (Lipinski definition) is 4. The van der Waals surface area contributed by atoms with E-state index in [1.54, 1.807) is 0 Å². The number of aryl methyl sites for hydroxylation is 1. The maximum Gasteiger partial charge on any atom is 0.247 e. The number of aromatic nitrogens is 2. The van der Waals surface area contributed by atoms with Crippen LogP contribution in [0.25, 0.3) is 11.5 Å². The van der Waals surface area contributed by atoms with Crippen molar-refractivity contribution < 1.29 is 4.42 Å². The molecule has 2 rings (SSSR count). The highest BCUT2D eigenvalue weighted by atomic mass is 16.4. The van der Waals surface area contributed by atoms with Crippen LogP contribution >= 0.6 is 0 Å². The number of benzene rings is 1. The lowest BCUT2D eigenvalue weighted by Crippen LogP contribution is -2.15. The van der Waals surface area contributed by atoms with Crippen LogP contribution < -0.4 is 5.32 Å². The maximum absolute atomic E-state index is 5.23. The Labute approximate surface area is 114 Å². The second-order valence-electron chi connectivity index (χ2n) is 4.96. The highest BCUT2D eigenvalue weighted by molar-refractivity contribution is 5.64. The quantitative estimate of drug-likeness (QED) is 0.850. The highest BCUT2D eigenvalue weighted by Crippen LogP contribution is 2.24. The van der Waals surface area contributed by atoms with Gasteiger partial charge in [-0.1, -0.05) is 25.8 Å². The summed E-state index contributed by atoms with van der Waals surface area (Å²) in [5.41, 5.74) is 3.32. The van der Waals surface area contributed by atoms with Gasteiger partial charge in [0.15, 0.2) is 0 Å². The Morgan fingerprint density at radius 1 is 1.37 bits per heavy atom. The fraction of sp³-hybridized carbons (Fsp3) is 0.467. The first-order valence-corrected chi connectivity index (χ1v) is 6.84. The second-order valence-corrected chi connectivity index (χ2v) is 4.96. The Balaban J connectivity index is 2.13. The van der Waals surface area contributed by atoms with Gasteiger partial charge >= 0.3 is 0 Å². The minimum absolute atomic E-state index is 0.469. The average molecular weight is 259 g/mol. The fourth-order valence-electron chi connectivity index (χ4n) is 2.06. The van der Waals surface area contributed by atoms with E-state index in [1.807, 2.05) is 6.07 Å². The van der Waals surface area contributed by atoms with Crippen LogP contribution in [0.5, 0.6) is 0 Å². The molecule has 0 fully saturated rings. The minimum atomic E-state index is 0.469. The number of nitrogens with zero attached hydrogens (tertiary/aromatic N) is 2. The van der Waals surface area contributed by atoms with Crippen LogP contribution in [0.4, 0.5) is 5.69 Å². The number of unbranched alkanes of at least 4 members (excludes halogenated alkanes) is 1. The van der Waals surface area contributed by atoms with E-state index in [2.05, 4.69) is 48.4 Å². The highest BCUT2D eigenvalue weighted by Gasteiger charge is 2.08.